The van der Waals surface area contributed by atoms with E-state index in [1.54, 1.807) is 6.92 Å². The van der Waals surface area contributed by atoms with Crippen molar-refractivity contribution in [1.29, 1.82) is 0 Å². The van der Waals surface area contributed by atoms with Crippen LogP contribution in [-0.4, -0.2) is 28.7 Å². The monoisotopic (exact) mass is 297 g/mol. The van der Waals surface area contributed by atoms with Crippen LogP contribution in [0.1, 0.15) is 26.3 Å². The predicted octanol–water partition coefficient (Wildman–Crippen LogP) is 2.97. The van der Waals surface area contributed by atoms with Gasteiger partial charge in [-0.3, -0.25) is 4.90 Å². The summed E-state index contributed by atoms with van der Waals surface area (Å²) in [5.74, 6) is -9.77. The van der Waals surface area contributed by atoms with Crippen LogP contribution in [0.4, 0.5) is 22.0 Å². The number of rotatable bonds is 5. The molecule has 0 radical (unpaired) electrons. The normalized spacial score (nSPS) is 12.3. The number of hydrogen-bond acceptors (Lipinski definition) is 2. The first kappa shape index (κ1) is 16.8. The van der Waals surface area contributed by atoms with Crippen LogP contribution in [0.25, 0.3) is 0 Å². The van der Waals surface area contributed by atoms with Crippen LogP contribution in [0.5, 0.6) is 0 Å². The van der Waals surface area contributed by atoms with Crippen LogP contribution in [0.2, 0.25) is 0 Å². The Morgan fingerprint density at radius 1 is 0.900 bits per heavy atom. The highest BCUT2D eigenvalue weighted by Gasteiger charge is 2.27. The molecule has 0 spiro atoms. The average Bonchev–Trinajstić information content (AvgIpc) is 2.36. The van der Waals surface area contributed by atoms with Crippen LogP contribution in [0.3, 0.4) is 0 Å². The number of aliphatic hydroxyl groups is 1. The summed E-state index contributed by atoms with van der Waals surface area (Å²) in [6, 6.07) is 0. The third-order valence-electron chi connectivity index (χ3n) is 2.74. The molecular weight excluding hydrogens is 281 g/mol. The molecule has 0 saturated carbocycles. The fraction of sp³-hybridized carbons (Fsp3) is 0.538. The minimum atomic E-state index is -2.17. The minimum Gasteiger partial charge on any atom is -0.389 e. The van der Waals surface area contributed by atoms with Crippen molar-refractivity contribution in [3.8, 4) is 0 Å². The maximum atomic E-state index is 13.5. The summed E-state index contributed by atoms with van der Waals surface area (Å²) in [6.45, 7) is 4.44. The number of nitrogens with zero attached hydrogens (tertiary/aromatic N) is 1. The first-order chi connectivity index (χ1) is 9.08. The van der Waals surface area contributed by atoms with Crippen LogP contribution in [0.15, 0.2) is 0 Å². The van der Waals surface area contributed by atoms with Crippen molar-refractivity contribution in [2.75, 3.05) is 13.1 Å². The number of hydrogen-bond donors (Lipinski definition) is 1. The lowest BCUT2D eigenvalue weighted by Gasteiger charge is -2.28. The predicted molar refractivity (Wildman–Crippen MR) is 63.5 cm³/mol. The molecule has 1 N–H and O–H groups in total. The summed E-state index contributed by atoms with van der Waals surface area (Å²) in [6.07, 6.45) is 0. The van der Waals surface area contributed by atoms with Gasteiger partial charge in [0.2, 0.25) is 5.82 Å². The van der Waals surface area contributed by atoms with Gasteiger partial charge in [0.25, 0.3) is 0 Å². The number of benzene rings is 1. The molecule has 0 aliphatic heterocycles. The molecule has 1 rings (SSSR count). The zero-order chi connectivity index (χ0) is 15.7. The highest BCUT2D eigenvalue weighted by Crippen LogP contribution is 2.24. The molecule has 0 aliphatic rings. The van der Waals surface area contributed by atoms with Gasteiger partial charge in [0, 0.05) is 18.7 Å². The first-order valence-corrected chi connectivity index (χ1v) is 6.03. The summed E-state index contributed by atoms with van der Waals surface area (Å²) in [5, 5.41) is 9.65. The number of likely N-dealkylation sites (N-methyl/N-ethyl adjacent to an activating group) is 1. The second-order valence-corrected chi connectivity index (χ2v) is 5.16. The second-order valence-electron chi connectivity index (χ2n) is 5.16. The van der Waals surface area contributed by atoms with Crippen LogP contribution in [0, 0.1) is 29.1 Å². The van der Waals surface area contributed by atoms with Gasteiger partial charge in [-0.25, -0.2) is 22.0 Å². The second kappa shape index (κ2) is 6.05. The van der Waals surface area contributed by atoms with Crippen molar-refractivity contribution >= 4 is 0 Å². The van der Waals surface area contributed by atoms with E-state index in [1.165, 1.54) is 18.7 Å². The third-order valence-corrected chi connectivity index (χ3v) is 2.74. The molecule has 1 aromatic carbocycles. The fourth-order valence-electron chi connectivity index (χ4n) is 1.84. The van der Waals surface area contributed by atoms with Gasteiger partial charge in [0.1, 0.15) is 0 Å². The average molecular weight is 297 g/mol. The molecule has 0 atom stereocenters. The molecule has 0 heterocycles. The summed E-state index contributed by atoms with van der Waals surface area (Å²) < 4.78 is 66.1. The van der Waals surface area contributed by atoms with Crippen LogP contribution < -0.4 is 0 Å². The van der Waals surface area contributed by atoms with Crippen molar-refractivity contribution in [2.45, 2.75) is 32.9 Å². The van der Waals surface area contributed by atoms with Gasteiger partial charge >= 0.3 is 0 Å². The molecule has 1 aromatic rings. The van der Waals surface area contributed by atoms with E-state index in [2.05, 4.69) is 0 Å². The van der Waals surface area contributed by atoms with Crippen LogP contribution in [-0.2, 0) is 6.54 Å². The Morgan fingerprint density at radius 2 is 1.30 bits per heavy atom. The molecule has 0 aliphatic carbocycles. The van der Waals surface area contributed by atoms with Gasteiger partial charge in [0.15, 0.2) is 23.3 Å². The van der Waals surface area contributed by atoms with Gasteiger partial charge in [0.05, 0.1) is 5.60 Å². The van der Waals surface area contributed by atoms with Crippen molar-refractivity contribution in [1.82, 2.24) is 4.90 Å². The number of halogens is 5. The molecular formula is C13H16F5NO. The van der Waals surface area contributed by atoms with E-state index in [4.69, 9.17) is 0 Å². The van der Waals surface area contributed by atoms with Gasteiger partial charge < -0.3 is 5.11 Å². The third kappa shape index (κ3) is 3.67. The van der Waals surface area contributed by atoms with E-state index in [9.17, 15) is 27.1 Å². The van der Waals surface area contributed by atoms with Crippen molar-refractivity contribution in [3.63, 3.8) is 0 Å². The Hall–Kier alpha value is -1.21. The smallest absolute Gasteiger partial charge is 0.200 e. The summed E-state index contributed by atoms with van der Waals surface area (Å²) in [7, 11) is 0. The van der Waals surface area contributed by atoms with E-state index in [0.717, 1.165) is 0 Å². The summed E-state index contributed by atoms with van der Waals surface area (Å²) in [4.78, 5) is 1.39. The molecule has 2 nitrogen and oxygen atoms in total. The molecule has 0 amide bonds. The molecule has 0 bridgehead atoms. The summed E-state index contributed by atoms with van der Waals surface area (Å²) >= 11 is 0. The zero-order valence-corrected chi connectivity index (χ0v) is 11.4. The lowest BCUT2D eigenvalue weighted by molar-refractivity contribution is 0.0344. The minimum absolute atomic E-state index is 0.0307. The summed E-state index contributed by atoms with van der Waals surface area (Å²) in [5.41, 5.74) is -2.05. The fourth-order valence-corrected chi connectivity index (χ4v) is 1.84. The Balaban J connectivity index is 3.14. The van der Waals surface area contributed by atoms with Crippen LogP contribution >= 0.6 is 0 Å². The first-order valence-electron chi connectivity index (χ1n) is 6.03. The van der Waals surface area contributed by atoms with E-state index in [0.29, 0.717) is 0 Å². The standard InChI is InChI=1S/C13H16F5NO/c1-4-19(6-13(2,3)20)5-7-8(14)10(16)12(18)11(17)9(7)15/h20H,4-6H2,1-3H3. The van der Waals surface area contributed by atoms with Gasteiger partial charge in [-0.1, -0.05) is 6.92 Å². The zero-order valence-electron chi connectivity index (χ0n) is 11.4. The highest BCUT2D eigenvalue weighted by molar-refractivity contribution is 5.24. The molecule has 0 unspecified atom stereocenters. The maximum absolute atomic E-state index is 13.5. The van der Waals surface area contributed by atoms with Gasteiger partial charge in [-0.2, -0.15) is 0 Å². The van der Waals surface area contributed by atoms with Crippen molar-refractivity contribution < 1.29 is 27.1 Å². The maximum Gasteiger partial charge on any atom is 0.200 e. The Bertz CT molecular complexity index is 470. The largest absolute Gasteiger partial charge is 0.389 e. The van der Waals surface area contributed by atoms with Crippen molar-refractivity contribution in [2.24, 2.45) is 0 Å². The van der Waals surface area contributed by atoms with Gasteiger partial charge in [-0.05, 0) is 20.4 Å². The SMILES string of the molecule is CCN(Cc1c(F)c(F)c(F)c(F)c1F)CC(C)(C)O. The molecule has 0 saturated heterocycles. The molecule has 0 fully saturated rings. The molecule has 7 heteroatoms. The van der Waals surface area contributed by atoms with E-state index < -0.39 is 46.8 Å². The van der Waals surface area contributed by atoms with E-state index in [1.807, 2.05) is 0 Å². The van der Waals surface area contributed by atoms with Crippen molar-refractivity contribution in [3.05, 3.63) is 34.6 Å². The quantitative estimate of drug-likeness (QED) is 0.513. The lowest BCUT2D eigenvalue weighted by Crippen LogP contribution is -2.38. The van der Waals surface area contributed by atoms with Gasteiger partial charge in [-0.15, -0.1) is 0 Å². The molecule has 20 heavy (non-hydrogen) atoms. The lowest BCUT2D eigenvalue weighted by atomic mass is 10.1. The molecule has 0 aromatic heterocycles. The Labute approximate surface area is 113 Å². The topological polar surface area (TPSA) is 23.5 Å². The van der Waals surface area contributed by atoms with E-state index in [-0.39, 0.29) is 13.1 Å². The highest BCUT2D eigenvalue weighted by atomic mass is 19.2. The van der Waals surface area contributed by atoms with E-state index >= 15 is 0 Å². The Morgan fingerprint density at radius 3 is 1.65 bits per heavy atom. The Kier molecular flexibility index (Phi) is 5.10. The molecule has 114 valence electrons.